The van der Waals surface area contributed by atoms with Crippen LogP contribution in [0.2, 0.25) is 0 Å². The lowest BCUT2D eigenvalue weighted by Crippen LogP contribution is -2.43. The van der Waals surface area contributed by atoms with Crippen LogP contribution >= 0.6 is 11.3 Å². The van der Waals surface area contributed by atoms with Gasteiger partial charge in [-0.1, -0.05) is 6.42 Å². The lowest BCUT2D eigenvalue weighted by Gasteiger charge is -2.23. The van der Waals surface area contributed by atoms with Gasteiger partial charge in [0.1, 0.15) is 0 Å². The van der Waals surface area contributed by atoms with Gasteiger partial charge in [-0.15, -0.1) is 11.3 Å². The molecule has 1 unspecified atom stereocenters. The number of aryl methyl sites for hydroxylation is 2. The largest absolute Gasteiger partial charge is 0.350 e. The van der Waals surface area contributed by atoms with Gasteiger partial charge in [-0.3, -0.25) is 4.79 Å². The molecule has 1 amide bonds. The van der Waals surface area contributed by atoms with E-state index in [9.17, 15) is 4.79 Å². The molecular formula is C15H22N2OS. The fourth-order valence-electron chi connectivity index (χ4n) is 3.00. The van der Waals surface area contributed by atoms with Gasteiger partial charge in [-0.2, -0.15) is 0 Å². The molecule has 1 aliphatic carbocycles. The molecule has 1 aliphatic heterocycles. The van der Waals surface area contributed by atoms with Crippen molar-refractivity contribution in [3.05, 3.63) is 21.4 Å². The third kappa shape index (κ3) is 3.18. The molecule has 1 aromatic rings. The fourth-order valence-corrected chi connectivity index (χ4v) is 4.17. The summed E-state index contributed by atoms with van der Waals surface area (Å²) < 4.78 is 0. The van der Waals surface area contributed by atoms with Crippen molar-refractivity contribution in [1.82, 2.24) is 10.6 Å². The van der Waals surface area contributed by atoms with Crippen molar-refractivity contribution in [2.24, 2.45) is 0 Å². The average molecular weight is 278 g/mol. The topological polar surface area (TPSA) is 41.1 Å². The first-order valence-corrected chi connectivity index (χ1v) is 8.28. The second-order valence-electron chi connectivity index (χ2n) is 5.62. The molecule has 2 heterocycles. The normalized spacial score (nSPS) is 22.8. The molecular weight excluding hydrogens is 256 g/mol. The Hall–Kier alpha value is -0.870. The Kier molecular flexibility index (Phi) is 4.18. The van der Waals surface area contributed by atoms with Crippen molar-refractivity contribution in [1.29, 1.82) is 0 Å². The Morgan fingerprint density at radius 2 is 2.21 bits per heavy atom. The molecule has 0 spiro atoms. The number of nitrogens with one attached hydrogen (secondary N) is 2. The summed E-state index contributed by atoms with van der Waals surface area (Å²) in [7, 11) is 0. The van der Waals surface area contributed by atoms with Crippen LogP contribution in [-0.4, -0.2) is 25.0 Å². The summed E-state index contributed by atoms with van der Waals surface area (Å²) in [5.41, 5.74) is 1.41. The molecule has 1 aromatic heterocycles. The molecule has 0 aromatic carbocycles. The maximum atomic E-state index is 12.2. The predicted octanol–water partition coefficient (Wildman–Crippen LogP) is 2.50. The van der Waals surface area contributed by atoms with E-state index in [1.165, 1.54) is 42.5 Å². The molecule has 1 atom stereocenters. The lowest BCUT2D eigenvalue weighted by atomic mass is 9.99. The summed E-state index contributed by atoms with van der Waals surface area (Å²) in [5.74, 6) is 0.117. The number of fused-ring (bicyclic) bond motifs is 1. The number of carbonyl (C=O) groups is 1. The maximum Gasteiger partial charge on any atom is 0.261 e. The van der Waals surface area contributed by atoms with Crippen LogP contribution in [0.1, 0.15) is 52.2 Å². The summed E-state index contributed by atoms with van der Waals surface area (Å²) in [4.78, 5) is 14.5. The van der Waals surface area contributed by atoms with Crippen LogP contribution in [0.25, 0.3) is 0 Å². The Morgan fingerprint density at radius 1 is 1.32 bits per heavy atom. The van der Waals surface area contributed by atoms with Crippen LogP contribution in [-0.2, 0) is 12.8 Å². The fraction of sp³-hybridized carbons (Fsp3) is 0.667. The zero-order chi connectivity index (χ0) is 13.1. The zero-order valence-electron chi connectivity index (χ0n) is 11.3. The second kappa shape index (κ2) is 6.06. The highest BCUT2D eigenvalue weighted by atomic mass is 32.1. The number of piperidine rings is 1. The van der Waals surface area contributed by atoms with Crippen LogP contribution < -0.4 is 10.6 Å². The van der Waals surface area contributed by atoms with Gasteiger partial charge < -0.3 is 10.6 Å². The third-order valence-electron chi connectivity index (χ3n) is 4.14. The van der Waals surface area contributed by atoms with Gasteiger partial charge in [0.25, 0.3) is 5.91 Å². The summed E-state index contributed by atoms with van der Waals surface area (Å²) in [6, 6.07) is 2.58. The molecule has 0 bridgehead atoms. The summed E-state index contributed by atoms with van der Waals surface area (Å²) in [6.45, 7) is 1.86. The van der Waals surface area contributed by atoms with E-state index in [1.807, 2.05) is 0 Å². The third-order valence-corrected chi connectivity index (χ3v) is 5.38. The molecule has 1 saturated heterocycles. The number of hydrogen-bond donors (Lipinski definition) is 2. The molecule has 3 rings (SSSR count). The molecule has 104 valence electrons. The van der Waals surface area contributed by atoms with Crippen LogP contribution in [0.5, 0.6) is 0 Å². The van der Waals surface area contributed by atoms with E-state index in [4.69, 9.17) is 0 Å². The van der Waals surface area contributed by atoms with Gasteiger partial charge in [0, 0.05) is 17.5 Å². The minimum absolute atomic E-state index is 0.117. The Bertz CT molecular complexity index is 425. The number of hydrogen-bond acceptors (Lipinski definition) is 3. The lowest BCUT2D eigenvalue weighted by molar-refractivity contribution is 0.0952. The quantitative estimate of drug-likeness (QED) is 0.892. The molecule has 2 N–H and O–H groups in total. The first kappa shape index (κ1) is 13.1. The standard InChI is InChI=1S/C15H22N2OS/c18-15(17-10-12-6-3-4-8-16-12)14-9-11-5-1-2-7-13(11)19-14/h9,12,16H,1-8,10H2,(H,17,18). The van der Waals surface area contributed by atoms with Gasteiger partial charge in [-0.25, -0.2) is 0 Å². The summed E-state index contributed by atoms with van der Waals surface area (Å²) >= 11 is 1.70. The van der Waals surface area contributed by atoms with E-state index in [1.54, 1.807) is 11.3 Å². The second-order valence-corrected chi connectivity index (χ2v) is 6.76. The molecule has 3 nitrogen and oxygen atoms in total. The van der Waals surface area contributed by atoms with Gasteiger partial charge in [-0.05, 0) is 56.7 Å². The van der Waals surface area contributed by atoms with Crippen LogP contribution in [0.4, 0.5) is 0 Å². The first-order chi connectivity index (χ1) is 9.33. The summed E-state index contributed by atoms with van der Waals surface area (Å²) in [6.07, 6.45) is 8.60. The van der Waals surface area contributed by atoms with Gasteiger partial charge >= 0.3 is 0 Å². The number of amides is 1. The Morgan fingerprint density at radius 3 is 3.00 bits per heavy atom. The van der Waals surface area contributed by atoms with Crippen molar-refractivity contribution in [2.45, 2.75) is 51.0 Å². The van der Waals surface area contributed by atoms with Crippen LogP contribution in [0.15, 0.2) is 6.07 Å². The minimum Gasteiger partial charge on any atom is -0.350 e. The Balaban J connectivity index is 1.56. The van der Waals surface area contributed by atoms with Crippen molar-refractivity contribution in [3.8, 4) is 0 Å². The van der Waals surface area contributed by atoms with Crippen molar-refractivity contribution in [3.63, 3.8) is 0 Å². The van der Waals surface area contributed by atoms with E-state index < -0.39 is 0 Å². The molecule has 19 heavy (non-hydrogen) atoms. The first-order valence-electron chi connectivity index (χ1n) is 7.46. The molecule has 1 fully saturated rings. The number of carbonyl (C=O) groups excluding carboxylic acids is 1. The molecule has 2 aliphatic rings. The summed E-state index contributed by atoms with van der Waals surface area (Å²) in [5, 5.41) is 6.55. The minimum atomic E-state index is 0.117. The highest BCUT2D eigenvalue weighted by Gasteiger charge is 2.18. The number of thiophene rings is 1. The predicted molar refractivity (Wildman–Crippen MR) is 78.9 cm³/mol. The van der Waals surface area contributed by atoms with Crippen LogP contribution in [0.3, 0.4) is 0 Å². The van der Waals surface area contributed by atoms with Crippen LogP contribution in [0, 0.1) is 0 Å². The van der Waals surface area contributed by atoms with Crippen molar-refractivity contribution < 1.29 is 4.79 Å². The van der Waals surface area contributed by atoms with Gasteiger partial charge in [0.05, 0.1) is 4.88 Å². The van der Waals surface area contributed by atoms with E-state index in [-0.39, 0.29) is 5.91 Å². The van der Waals surface area contributed by atoms with Crippen molar-refractivity contribution in [2.75, 3.05) is 13.1 Å². The van der Waals surface area contributed by atoms with E-state index >= 15 is 0 Å². The SMILES string of the molecule is O=C(NCC1CCCCN1)c1cc2c(s1)CCCC2. The Labute approximate surface area is 118 Å². The van der Waals surface area contributed by atoms with E-state index in [0.29, 0.717) is 6.04 Å². The molecule has 4 heteroatoms. The van der Waals surface area contributed by atoms with E-state index in [0.717, 1.165) is 30.8 Å². The molecule has 0 saturated carbocycles. The smallest absolute Gasteiger partial charge is 0.261 e. The highest BCUT2D eigenvalue weighted by molar-refractivity contribution is 7.14. The zero-order valence-corrected chi connectivity index (χ0v) is 12.2. The van der Waals surface area contributed by atoms with Gasteiger partial charge in [0.2, 0.25) is 0 Å². The van der Waals surface area contributed by atoms with E-state index in [2.05, 4.69) is 16.7 Å². The van der Waals surface area contributed by atoms with Crippen molar-refractivity contribution >= 4 is 17.2 Å². The number of rotatable bonds is 3. The molecule has 0 radical (unpaired) electrons. The van der Waals surface area contributed by atoms with Gasteiger partial charge in [0.15, 0.2) is 0 Å². The monoisotopic (exact) mass is 278 g/mol. The highest BCUT2D eigenvalue weighted by Crippen LogP contribution is 2.29. The average Bonchev–Trinajstić information content (AvgIpc) is 2.90. The maximum absolute atomic E-state index is 12.2.